The zero-order chi connectivity index (χ0) is 14.7. The minimum atomic E-state index is -0.470. The number of rotatable bonds is 4. The van der Waals surface area contributed by atoms with Crippen LogP contribution < -0.4 is 4.74 Å². The third-order valence-corrected chi connectivity index (χ3v) is 2.67. The lowest BCUT2D eigenvalue weighted by Gasteiger charge is -2.08. The first-order valence-corrected chi connectivity index (χ1v) is 6.30. The predicted octanol–water partition coefficient (Wildman–Crippen LogP) is 3.95. The van der Waals surface area contributed by atoms with Crippen molar-refractivity contribution in [2.75, 3.05) is 0 Å². The summed E-state index contributed by atoms with van der Waals surface area (Å²) in [6.45, 7) is 3.89. The lowest BCUT2D eigenvalue weighted by molar-refractivity contribution is -0.384. The molecule has 6 nitrogen and oxygen atoms in total. The first-order chi connectivity index (χ1) is 9.45. The Morgan fingerprint density at radius 1 is 1.25 bits per heavy atom. The molecule has 0 unspecified atom stereocenters. The van der Waals surface area contributed by atoms with Gasteiger partial charge in [-0.3, -0.25) is 10.1 Å². The average molecular weight is 294 g/mol. The molecule has 0 atom stereocenters. The first-order valence-electron chi connectivity index (χ1n) is 5.92. The maximum absolute atomic E-state index is 10.6. The number of nitrogens with zero attached hydrogens (tertiary/aromatic N) is 3. The van der Waals surface area contributed by atoms with Gasteiger partial charge < -0.3 is 4.74 Å². The molecular weight excluding hydrogens is 282 g/mol. The van der Waals surface area contributed by atoms with Crippen LogP contribution in [0.1, 0.15) is 25.6 Å². The van der Waals surface area contributed by atoms with E-state index in [9.17, 15) is 10.1 Å². The molecule has 0 fully saturated rings. The summed E-state index contributed by atoms with van der Waals surface area (Å²) in [5.74, 6) is 1.45. The van der Waals surface area contributed by atoms with E-state index in [1.165, 1.54) is 30.3 Å². The number of ether oxygens (including phenoxy) is 1. The molecule has 0 aliphatic rings. The van der Waals surface area contributed by atoms with Crippen LogP contribution in [0.25, 0.3) is 0 Å². The number of halogens is 1. The molecule has 2 rings (SSSR count). The summed E-state index contributed by atoms with van der Waals surface area (Å²) in [5, 5.41) is 10.9. The van der Waals surface area contributed by atoms with Crippen LogP contribution in [0, 0.1) is 10.1 Å². The standard InChI is InChI=1S/C13H12ClN3O3/c1-8(2)13-15-11(14)7-12(16-13)20-10-5-3-9(4-6-10)17(18)19/h3-8H,1-2H3. The molecule has 20 heavy (non-hydrogen) atoms. The van der Waals surface area contributed by atoms with Gasteiger partial charge in [-0.1, -0.05) is 25.4 Å². The van der Waals surface area contributed by atoms with E-state index < -0.39 is 4.92 Å². The van der Waals surface area contributed by atoms with Crippen LogP contribution in [0.4, 0.5) is 5.69 Å². The smallest absolute Gasteiger partial charge is 0.269 e. The van der Waals surface area contributed by atoms with Gasteiger partial charge >= 0.3 is 0 Å². The molecule has 104 valence electrons. The van der Waals surface area contributed by atoms with Crippen LogP contribution in [0.5, 0.6) is 11.6 Å². The quantitative estimate of drug-likeness (QED) is 0.484. The Hall–Kier alpha value is -2.21. The number of aromatic nitrogens is 2. The topological polar surface area (TPSA) is 78.2 Å². The van der Waals surface area contributed by atoms with Crippen molar-refractivity contribution in [1.29, 1.82) is 0 Å². The second-order valence-corrected chi connectivity index (χ2v) is 4.78. The Balaban J connectivity index is 2.23. The molecule has 7 heteroatoms. The Labute approximate surface area is 120 Å². The lowest BCUT2D eigenvalue weighted by atomic mass is 10.2. The summed E-state index contributed by atoms with van der Waals surface area (Å²) < 4.78 is 5.53. The molecule has 0 bridgehead atoms. The number of hydrogen-bond donors (Lipinski definition) is 0. The second-order valence-electron chi connectivity index (χ2n) is 4.39. The molecule has 0 aliphatic heterocycles. The summed E-state index contributed by atoms with van der Waals surface area (Å²) in [7, 11) is 0. The molecule has 2 aromatic rings. The van der Waals surface area contributed by atoms with Crippen molar-refractivity contribution < 1.29 is 9.66 Å². The van der Waals surface area contributed by atoms with E-state index >= 15 is 0 Å². The highest BCUT2D eigenvalue weighted by Crippen LogP contribution is 2.25. The third kappa shape index (κ3) is 3.42. The summed E-state index contributed by atoms with van der Waals surface area (Å²) >= 11 is 5.91. The fourth-order valence-electron chi connectivity index (χ4n) is 1.48. The highest BCUT2D eigenvalue weighted by molar-refractivity contribution is 6.29. The van der Waals surface area contributed by atoms with Gasteiger partial charge in [-0.15, -0.1) is 0 Å². The fraction of sp³-hybridized carbons (Fsp3) is 0.231. The molecule has 0 aliphatic carbocycles. The maximum atomic E-state index is 10.6. The van der Waals surface area contributed by atoms with Crippen molar-refractivity contribution in [2.45, 2.75) is 19.8 Å². The van der Waals surface area contributed by atoms with Crippen LogP contribution in [0.2, 0.25) is 5.15 Å². The zero-order valence-corrected chi connectivity index (χ0v) is 11.7. The lowest BCUT2D eigenvalue weighted by Crippen LogP contribution is -1.99. The van der Waals surface area contributed by atoms with Gasteiger partial charge in [0, 0.05) is 24.1 Å². The highest BCUT2D eigenvalue weighted by Gasteiger charge is 2.10. The minimum Gasteiger partial charge on any atom is -0.439 e. The summed E-state index contributed by atoms with van der Waals surface area (Å²) in [5.41, 5.74) is 0.000870. The van der Waals surface area contributed by atoms with Gasteiger partial charge in [0.1, 0.15) is 16.7 Å². The third-order valence-electron chi connectivity index (χ3n) is 2.48. The van der Waals surface area contributed by atoms with E-state index in [4.69, 9.17) is 16.3 Å². The van der Waals surface area contributed by atoms with Crippen LogP contribution in [0.15, 0.2) is 30.3 Å². The fourth-order valence-corrected chi connectivity index (χ4v) is 1.66. The van der Waals surface area contributed by atoms with E-state index in [-0.39, 0.29) is 11.6 Å². The van der Waals surface area contributed by atoms with Crippen LogP contribution >= 0.6 is 11.6 Å². The molecule has 1 heterocycles. The number of non-ortho nitro benzene ring substituents is 1. The van der Waals surface area contributed by atoms with Crippen molar-refractivity contribution in [3.8, 4) is 11.6 Å². The number of hydrogen-bond acceptors (Lipinski definition) is 5. The minimum absolute atomic E-state index is 0.000870. The van der Waals surface area contributed by atoms with Crippen LogP contribution in [-0.2, 0) is 0 Å². The number of nitro benzene ring substituents is 1. The summed E-state index contributed by atoms with van der Waals surface area (Å²) in [6, 6.07) is 7.23. The predicted molar refractivity (Wildman–Crippen MR) is 74.3 cm³/mol. The molecule has 0 spiro atoms. The van der Waals surface area contributed by atoms with Gasteiger partial charge in [-0.25, -0.2) is 4.98 Å². The van der Waals surface area contributed by atoms with Crippen molar-refractivity contribution >= 4 is 17.3 Å². The largest absolute Gasteiger partial charge is 0.439 e. The normalized spacial score (nSPS) is 10.6. The van der Waals surface area contributed by atoms with E-state index in [1.54, 1.807) is 0 Å². The van der Waals surface area contributed by atoms with Crippen molar-refractivity contribution in [2.24, 2.45) is 0 Å². The summed E-state index contributed by atoms with van der Waals surface area (Å²) in [4.78, 5) is 18.4. The summed E-state index contributed by atoms with van der Waals surface area (Å²) in [6.07, 6.45) is 0. The van der Waals surface area contributed by atoms with Gasteiger partial charge in [-0.2, -0.15) is 4.98 Å². The van der Waals surface area contributed by atoms with E-state index in [1.807, 2.05) is 13.8 Å². The maximum Gasteiger partial charge on any atom is 0.269 e. The molecule has 0 N–H and O–H groups in total. The Kier molecular flexibility index (Phi) is 4.14. The van der Waals surface area contributed by atoms with E-state index in [0.717, 1.165) is 0 Å². The Morgan fingerprint density at radius 2 is 1.90 bits per heavy atom. The monoisotopic (exact) mass is 293 g/mol. The molecule has 0 saturated carbocycles. The molecular formula is C13H12ClN3O3. The first kappa shape index (κ1) is 14.2. The molecule has 0 amide bonds. The molecule has 1 aromatic carbocycles. The molecule has 1 aromatic heterocycles. The Morgan fingerprint density at radius 3 is 2.45 bits per heavy atom. The SMILES string of the molecule is CC(C)c1nc(Cl)cc(Oc2ccc([N+](=O)[O-])cc2)n1. The van der Waals surface area contributed by atoms with Gasteiger partial charge in [0.2, 0.25) is 5.88 Å². The zero-order valence-electron chi connectivity index (χ0n) is 10.9. The van der Waals surface area contributed by atoms with Gasteiger partial charge in [-0.05, 0) is 12.1 Å². The van der Waals surface area contributed by atoms with Gasteiger partial charge in [0.15, 0.2) is 0 Å². The molecule has 0 saturated heterocycles. The van der Waals surface area contributed by atoms with Crippen molar-refractivity contribution in [3.05, 3.63) is 51.4 Å². The average Bonchev–Trinajstić information content (AvgIpc) is 2.38. The molecule has 0 radical (unpaired) electrons. The second kappa shape index (κ2) is 5.83. The van der Waals surface area contributed by atoms with E-state index in [2.05, 4.69) is 9.97 Å². The van der Waals surface area contributed by atoms with E-state index in [0.29, 0.717) is 22.6 Å². The number of nitro groups is 1. The Bertz CT molecular complexity index is 629. The van der Waals surface area contributed by atoms with Crippen LogP contribution in [0.3, 0.4) is 0 Å². The van der Waals surface area contributed by atoms with Crippen LogP contribution in [-0.4, -0.2) is 14.9 Å². The van der Waals surface area contributed by atoms with Crippen molar-refractivity contribution in [1.82, 2.24) is 9.97 Å². The number of benzene rings is 1. The van der Waals surface area contributed by atoms with Gasteiger partial charge in [0.25, 0.3) is 5.69 Å². The van der Waals surface area contributed by atoms with Crippen molar-refractivity contribution in [3.63, 3.8) is 0 Å². The highest BCUT2D eigenvalue weighted by atomic mass is 35.5. The van der Waals surface area contributed by atoms with Gasteiger partial charge in [0.05, 0.1) is 4.92 Å².